The first-order chi connectivity index (χ1) is 18.2. The highest BCUT2D eigenvalue weighted by molar-refractivity contribution is 6.51. The van der Waals surface area contributed by atoms with Crippen molar-refractivity contribution in [1.82, 2.24) is 0 Å². The van der Waals surface area contributed by atoms with Crippen LogP contribution in [0.5, 0.6) is 11.5 Å². The van der Waals surface area contributed by atoms with Crippen molar-refractivity contribution < 1.29 is 33.7 Å². The van der Waals surface area contributed by atoms with Crippen LogP contribution in [0, 0.1) is 0 Å². The highest BCUT2D eigenvalue weighted by atomic mass is 16.5. The lowest BCUT2D eigenvalue weighted by atomic mass is 9.95. The molecular weight excluding hydrogens is 486 g/mol. The van der Waals surface area contributed by atoms with E-state index in [1.165, 1.54) is 24.1 Å². The van der Waals surface area contributed by atoms with E-state index in [2.05, 4.69) is 0 Å². The molecule has 1 aliphatic rings. The molecule has 38 heavy (non-hydrogen) atoms. The highest BCUT2D eigenvalue weighted by Gasteiger charge is 2.47. The summed E-state index contributed by atoms with van der Waals surface area (Å²) < 4.78 is 16.1. The van der Waals surface area contributed by atoms with Gasteiger partial charge in [0.2, 0.25) is 0 Å². The minimum atomic E-state index is -0.940. The third kappa shape index (κ3) is 5.25. The van der Waals surface area contributed by atoms with Gasteiger partial charge in [-0.15, -0.1) is 0 Å². The molecule has 196 valence electrons. The lowest BCUT2D eigenvalue weighted by molar-refractivity contribution is -0.132. The van der Waals surface area contributed by atoms with Crippen LogP contribution in [0.2, 0.25) is 0 Å². The normalized spacial score (nSPS) is 16.6. The number of anilines is 1. The fourth-order valence-electron chi connectivity index (χ4n) is 4.32. The van der Waals surface area contributed by atoms with Crippen molar-refractivity contribution in [2.24, 2.45) is 0 Å². The molecule has 0 aromatic heterocycles. The zero-order valence-corrected chi connectivity index (χ0v) is 21.6. The fourth-order valence-corrected chi connectivity index (χ4v) is 4.32. The molecule has 0 saturated carbocycles. The first-order valence-corrected chi connectivity index (χ1v) is 12.2. The van der Waals surface area contributed by atoms with Crippen LogP contribution in [-0.4, -0.2) is 42.6 Å². The second-order valence-electron chi connectivity index (χ2n) is 8.90. The molecule has 1 unspecified atom stereocenters. The average molecular weight is 516 g/mol. The molecule has 1 saturated heterocycles. The predicted octanol–water partition coefficient (Wildman–Crippen LogP) is 5.29. The molecule has 1 N–H and O–H groups in total. The molecule has 0 spiro atoms. The molecule has 1 aliphatic heterocycles. The van der Waals surface area contributed by atoms with E-state index in [-0.39, 0.29) is 24.0 Å². The largest absolute Gasteiger partial charge is 0.507 e. The number of esters is 1. The predicted molar refractivity (Wildman–Crippen MR) is 142 cm³/mol. The number of Topliss-reactive ketones (excluding diaryl/α,β-unsaturated/α-hetero) is 1. The molecule has 3 aromatic carbocycles. The molecule has 1 amide bonds. The first kappa shape index (κ1) is 26.5. The standard InChI is InChI=1S/C30H29NO7/c1-5-37-30(35)20-9-13-22(14-10-20)31-26(21-7-6-8-24(17-21)36-4)25(28(33)29(31)34)27(32)19-11-15-23(16-12-19)38-18(2)3/h6-18,26,32H,5H2,1-4H3/b27-25+. The molecule has 0 aliphatic carbocycles. The number of carbonyl (C=O) groups excluding carboxylic acids is 3. The number of ketones is 1. The van der Waals surface area contributed by atoms with E-state index in [0.717, 1.165) is 0 Å². The van der Waals surface area contributed by atoms with Crippen LogP contribution in [-0.2, 0) is 14.3 Å². The Balaban J connectivity index is 1.83. The van der Waals surface area contributed by atoms with Gasteiger partial charge in [0.05, 0.1) is 37.0 Å². The maximum atomic E-state index is 13.4. The van der Waals surface area contributed by atoms with Crippen molar-refractivity contribution in [2.75, 3.05) is 18.6 Å². The number of ether oxygens (including phenoxy) is 3. The van der Waals surface area contributed by atoms with Gasteiger partial charge in [-0.2, -0.15) is 0 Å². The maximum absolute atomic E-state index is 13.4. The molecule has 8 nitrogen and oxygen atoms in total. The molecule has 3 aromatic rings. The Morgan fingerprint density at radius 3 is 2.21 bits per heavy atom. The van der Waals surface area contributed by atoms with E-state index in [1.54, 1.807) is 67.6 Å². The number of nitrogens with zero attached hydrogens (tertiary/aromatic N) is 1. The number of benzene rings is 3. The van der Waals surface area contributed by atoms with Gasteiger partial charge in [0.1, 0.15) is 17.3 Å². The molecule has 1 atom stereocenters. The highest BCUT2D eigenvalue weighted by Crippen LogP contribution is 2.43. The number of hydrogen-bond donors (Lipinski definition) is 1. The third-order valence-corrected chi connectivity index (χ3v) is 6.01. The van der Waals surface area contributed by atoms with Gasteiger partial charge < -0.3 is 19.3 Å². The zero-order valence-electron chi connectivity index (χ0n) is 21.6. The number of carbonyl (C=O) groups is 3. The van der Waals surface area contributed by atoms with Gasteiger partial charge in [-0.25, -0.2) is 4.79 Å². The number of aliphatic hydroxyl groups is 1. The quantitative estimate of drug-likeness (QED) is 0.188. The van der Waals surface area contributed by atoms with Crippen molar-refractivity contribution in [1.29, 1.82) is 0 Å². The van der Waals surface area contributed by atoms with E-state index >= 15 is 0 Å². The van der Waals surface area contributed by atoms with E-state index < -0.39 is 23.7 Å². The molecule has 1 heterocycles. The van der Waals surface area contributed by atoms with Gasteiger partial charge >= 0.3 is 5.97 Å². The maximum Gasteiger partial charge on any atom is 0.338 e. The van der Waals surface area contributed by atoms with Gasteiger partial charge in [0.15, 0.2) is 0 Å². The second-order valence-corrected chi connectivity index (χ2v) is 8.90. The van der Waals surface area contributed by atoms with Crippen molar-refractivity contribution in [2.45, 2.75) is 32.9 Å². The van der Waals surface area contributed by atoms with Crippen LogP contribution < -0.4 is 14.4 Å². The van der Waals surface area contributed by atoms with Gasteiger partial charge in [-0.1, -0.05) is 12.1 Å². The van der Waals surface area contributed by atoms with Gasteiger partial charge in [-0.05, 0) is 87.0 Å². The monoisotopic (exact) mass is 515 g/mol. The Kier molecular flexibility index (Phi) is 7.81. The summed E-state index contributed by atoms with van der Waals surface area (Å²) >= 11 is 0. The van der Waals surface area contributed by atoms with Crippen LogP contribution in [0.4, 0.5) is 5.69 Å². The van der Waals surface area contributed by atoms with E-state index in [1.807, 2.05) is 13.8 Å². The summed E-state index contributed by atoms with van der Waals surface area (Å²) in [6.45, 7) is 5.76. The number of rotatable bonds is 8. The fraction of sp³-hybridized carbons (Fsp3) is 0.233. The summed E-state index contributed by atoms with van der Waals surface area (Å²) in [6, 6.07) is 18.9. The lowest BCUT2D eigenvalue weighted by Crippen LogP contribution is -2.29. The summed E-state index contributed by atoms with van der Waals surface area (Å²) in [7, 11) is 1.52. The summed E-state index contributed by atoms with van der Waals surface area (Å²) in [4.78, 5) is 40.2. The summed E-state index contributed by atoms with van der Waals surface area (Å²) in [5.41, 5.74) is 1.57. The van der Waals surface area contributed by atoms with Gasteiger partial charge in [-0.3, -0.25) is 14.5 Å². The van der Waals surface area contributed by atoms with Crippen molar-refractivity contribution >= 4 is 29.1 Å². The SMILES string of the molecule is CCOC(=O)c1ccc(N2C(=O)C(=O)/C(=C(/O)c3ccc(OC(C)C)cc3)C2c2cccc(OC)c2)cc1. The van der Waals surface area contributed by atoms with Crippen LogP contribution in [0.1, 0.15) is 48.3 Å². The Morgan fingerprint density at radius 1 is 0.947 bits per heavy atom. The van der Waals surface area contributed by atoms with Crippen LogP contribution in [0.25, 0.3) is 5.76 Å². The molecule has 0 bridgehead atoms. The average Bonchev–Trinajstić information content (AvgIpc) is 3.18. The Bertz CT molecular complexity index is 1370. The number of amides is 1. The molecule has 4 rings (SSSR count). The van der Waals surface area contributed by atoms with Crippen LogP contribution in [0.3, 0.4) is 0 Å². The van der Waals surface area contributed by atoms with Crippen LogP contribution in [0.15, 0.2) is 78.4 Å². The van der Waals surface area contributed by atoms with Crippen molar-refractivity contribution in [3.05, 3.63) is 95.1 Å². The Morgan fingerprint density at radius 2 is 1.61 bits per heavy atom. The smallest absolute Gasteiger partial charge is 0.338 e. The zero-order chi connectivity index (χ0) is 27.4. The number of hydrogen-bond acceptors (Lipinski definition) is 7. The van der Waals surface area contributed by atoms with E-state index in [4.69, 9.17) is 14.2 Å². The number of methoxy groups -OCH3 is 1. The minimum Gasteiger partial charge on any atom is -0.507 e. The summed E-state index contributed by atoms with van der Waals surface area (Å²) in [6.07, 6.45) is -0.0250. The summed E-state index contributed by atoms with van der Waals surface area (Å²) in [5, 5.41) is 11.3. The van der Waals surface area contributed by atoms with E-state index in [9.17, 15) is 19.5 Å². The molecule has 1 fully saturated rings. The Hall–Kier alpha value is -4.59. The Labute approximate surface area is 221 Å². The first-order valence-electron chi connectivity index (χ1n) is 12.2. The van der Waals surface area contributed by atoms with Crippen molar-refractivity contribution in [3.63, 3.8) is 0 Å². The molecule has 0 radical (unpaired) electrons. The van der Waals surface area contributed by atoms with Gasteiger partial charge in [0, 0.05) is 11.3 Å². The van der Waals surface area contributed by atoms with Crippen LogP contribution >= 0.6 is 0 Å². The number of aliphatic hydroxyl groups excluding tert-OH is 1. The second kappa shape index (κ2) is 11.2. The third-order valence-electron chi connectivity index (χ3n) is 6.01. The van der Waals surface area contributed by atoms with E-state index in [0.29, 0.717) is 33.9 Å². The topological polar surface area (TPSA) is 102 Å². The van der Waals surface area contributed by atoms with Crippen molar-refractivity contribution in [3.8, 4) is 11.5 Å². The minimum absolute atomic E-state index is 0.0250. The molecule has 8 heteroatoms. The lowest BCUT2D eigenvalue weighted by Gasteiger charge is -2.26. The molecular formula is C30H29NO7. The van der Waals surface area contributed by atoms with Gasteiger partial charge in [0.25, 0.3) is 11.7 Å². The summed E-state index contributed by atoms with van der Waals surface area (Å²) in [5.74, 6) is -1.28.